The molecule has 0 aliphatic carbocycles. The van der Waals surface area contributed by atoms with E-state index in [2.05, 4.69) is 26.2 Å². The molecule has 0 radical (unpaired) electrons. The monoisotopic (exact) mass is 286 g/mol. The summed E-state index contributed by atoms with van der Waals surface area (Å²) in [7, 11) is 0. The molecular formula is C11H15BrN2O2. The number of amides is 1. The summed E-state index contributed by atoms with van der Waals surface area (Å²) in [5.74, 6) is -0.325. The van der Waals surface area contributed by atoms with Crippen LogP contribution in [-0.2, 0) is 0 Å². The zero-order valence-corrected chi connectivity index (χ0v) is 10.9. The summed E-state index contributed by atoms with van der Waals surface area (Å²) in [4.78, 5) is 26.3. The van der Waals surface area contributed by atoms with E-state index in [0.29, 0.717) is 11.4 Å². The Balaban J connectivity index is 2.63. The standard InChI is InChI=1S/C11H15BrN2O2/c1-7(12)3-4-13-11(16)9-6-14-8(2)5-10(9)15/h5-7H,3-4H2,1-2H3,(H,13,16)(H,14,15). The average molecular weight is 287 g/mol. The normalized spacial score (nSPS) is 12.2. The Bertz CT molecular complexity index is 426. The summed E-state index contributed by atoms with van der Waals surface area (Å²) in [6, 6.07) is 1.42. The zero-order valence-electron chi connectivity index (χ0n) is 9.34. The molecule has 2 N–H and O–H groups in total. The van der Waals surface area contributed by atoms with Gasteiger partial charge >= 0.3 is 0 Å². The molecule has 1 rings (SSSR count). The lowest BCUT2D eigenvalue weighted by Crippen LogP contribution is -2.30. The van der Waals surface area contributed by atoms with Crippen LogP contribution in [0.4, 0.5) is 0 Å². The fraction of sp³-hybridized carbons (Fsp3) is 0.455. The summed E-state index contributed by atoms with van der Waals surface area (Å²) < 4.78 is 0. The van der Waals surface area contributed by atoms with Gasteiger partial charge in [0.1, 0.15) is 5.56 Å². The molecule has 0 aliphatic heterocycles. The van der Waals surface area contributed by atoms with Crippen molar-refractivity contribution in [2.75, 3.05) is 6.54 Å². The number of carbonyl (C=O) groups excluding carboxylic acids is 1. The molecular weight excluding hydrogens is 272 g/mol. The number of halogens is 1. The van der Waals surface area contributed by atoms with Gasteiger partial charge in [-0.1, -0.05) is 22.9 Å². The number of nitrogens with one attached hydrogen (secondary N) is 2. The number of rotatable bonds is 4. The van der Waals surface area contributed by atoms with E-state index in [1.54, 1.807) is 6.92 Å². The molecule has 1 atom stereocenters. The number of H-pyrrole nitrogens is 1. The minimum Gasteiger partial charge on any atom is -0.364 e. The van der Waals surface area contributed by atoms with Crippen molar-refractivity contribution in [1.29, 1.82) is 0 Å². The molecule has 88 valence electrons. The first kappa shape index (κ1) is 13.0. The van der Waals surface area contributed by atoms with Gasteiger partial charge in [0.25, 0.3) is 5.91 Å². The van der Waals surface area contributed by atoms with E-state index in [9.17, 15) is 9.59 Å². The topological polar surface area (TPSA) is 62.0 Å². The Morgan fingerprint density at radius 2 is 2.31 bits per heavy atom. The number of aryl methyl sites for hydroxylation is 1. The lowest BCUT2D eigenvalue weighted by Gasteiger charge is -2.06. The number of pyridine rings is 1. The molecule has 1 amide bonds. The van der Waals surface area contributed by atoms with Crippen molar-refractivity contribution in [3.8, 4) is 0 Å². The van der Waals surface area contributed by atoms with Crippen LogP contribution in [0.5, 0.6) is 0 Å². The van der Waals surface area contributed by atoms with Crippen molar-refractivity contribution < 1.29 is 4.79 Å². The fourth-order valence-corrected chi connectivity index (χ4v) is 1.46. The molecule has 4 nitrogen and oxygen atoms in total. The molecule has 1 aromatic rings. The van der Waals surface area contributed by atoms with E-state index >= 15 is 0 Å². The van der Waals surface area contributed by atoms with Gasteiger partial charge in [-0.05, 0) is 13.3 Å². The summed E-state index contributed by atoms with van der Waals surface area (Å²) >= 11 is 3.39. The molecule has 0 fully saturated rings. The minimum absolute atomic E-state index is 0.160. The Labute approximate surface area is 103 Å². The van der Waals surface area contributed by atoms with Gasteiger partial charge in [0, 0.05) is 29.3 Å². The van der Waals surface area contributed by atoms with Crippen molar-refractivity contribution in [1.82, 2.24) is 10.3 Å². The van der Waals surface area contributed by atoms with Crippen LogP contribution in [0.25, 0.3) is 0 Å². The van der Waals surface area contributed by atoms with Crippen LogP contribution in [0.1, 0.15) is 29.4 Å². The molecule has 1 unspecified atom stereocenters. The van der Waals surface area contributed by atoms with Gasteiger partial charge in [0.2, 0.25) is 0 Å². The van der Waals surface area contributed by atoms with E-state index in [1.807, 2.05) is 6.92 Å². The highest BCUT2D eigenvalue weighted by atomic mass is 79.9. The maximum absolute atomic E-state index is 11.6. The molecule has 16 heavy (non-hydrogen) atoms. The molecule has 0 bridgehead atoms. The third-order valence-corrected chi connectivity index (χ3v) is 2.59. The molecule has 0 aromatic carbocycles. The first-order chi connectivity index (χ1) is 7.50. The maximum Gasteiger partial charge on any atom is 0.256 e. The van der Waals surface area contributed by atoms with E-state index in [1.165, 1.54) is 12.3 Å². The quantitative estimate of drug-likeness (QED) is 0.826. The van der Waals surface area contributed by atoms with Gasteiger partial charge in [-0.2, -0.15) is 0 Å². The maximum atomic E-state index is 11.6. The Morgan fingerprint density at radius 3 is 2.88 bits per heavy atom. The lowest BCUT2D eigenvalue weighted by atomic mass is 10.2. The zero-order chi connectivity index (χ0) is 12.1. The second-order valence-electron chi connectivity index (χ2n) is 3.72. The predicted molar refractivity (Wildman–Crippen MR) is 67.1 cm³/mol. The summed E-state index contributed by atoms with van der Waals surface area (Å²) in [6.45, 7) is 4.33. The molecule has 1 heterocycles. The van der Waals surface area contributed by atoms with E-state index in [4.69, 9.17) is 0 Å². The first-order valence-electron chi connectivity index (χ1n) is 5.12. The van der Waals surface area contributed by atoms with Crippen LogP contribution in [0.2, 0.25) is 0 Å². The number of hydrogen-bond acceptors (Lipinski definition) is 2. The van der Waals surface area contributed by atoms with Crippen molar-refractivity contribution in [3.63, 3.8) is 0 Å². The molecule has 5 heteroatoms. The van der Waals surface area contributed by atoms with Gasteiger partial charge in [0.05, 0.1) is 0 Å². The van der Waals surface area contributed by atoms with Gasteiger partial charge in [-0.3, -0.25) is 9.59 Å². The van der Waals surface area contributed by atoms with Crippen molar-refractivity contribution in [3.05, 3.63) is 33.7 Å². The molecule has 0 aliphatic rings. The number of alkyl halides is 1. The Kier molecular flexibility index (Phi) is 4.73. The fourth-order valence-electron chi connectivity index (χ4n) is 1.23. The highest BCUT2D eigenvalue weighted by Crippen LogP contribution is 2.01. The smallest absolute Gasteiger partial charge is 0.256 e. The second-order valence-corrected chi connectivity index (χ2v) is 5.28. The van der Waals surface area contributed by atoms with Gasteiger partial charge in [-0.25, -0.2) is 0 Å². The minimum atomic E-state index is -0.325. The van der Waals surface area contributed by atoms with E-state index in [0.717, 1.165) is 12.1 Å². The number of carbonyl (C=O) groups is 1. The Morgan fingerprint density at radius 1 is 1.62 bits per heavy atom. The number of hydrogen-bond donors (Lipinski definition) is 2. The largest absolute Gasteiger partial charge is 0.364 e. The summed E-state index contributed by atoms with van der Waals surface area (Å²) in [5, 5.41) is 2.70. The molecule has 0 saturated carbocycles. The molecule has 0 spiro atoms. The third kappa shape index (κ3) is 3.81. The van der Waals surface area contributed by atoms with Crippen LogP contribution >= 0.6 is 15.9 Å². The van der Waals surface area contributed by atoms with Crippen LogP contribution < -0.4 is 10.7 Å². The van der Waals surface area contributed by atoms with Crippen molar-refractivity contribution >= 4 is 21.8 Å². The first-order valence-corrected chi connectivity index (χ1v) is 6.04. The lowest BCUT2D eigenvalue weighted by molar-refractivity contribution is 0.0952. The molecule has 0 saturated heterocycles. The highest BCUT2D eigenvalue weighted by molar-refractivity contribution is 9.09. The van der Waals surface area contributed by atoms with Crippen LogP contribution in [0.15, 0.2) is 17.1 Å². The van der Waals surface area contributed by atoms with E-state index in [-0.39, 0.29) is 16.9 Å². The van der Waals surface area contributed by atoms with Crippen LogP contribution in [0, 0.1) is 6.92 Å². The SMILES string of the molecule is Cc1cc(=O)c(C(=O)NCCC(C)Br)c[nH]1. The predicted octanol–water partition coefficient (Wildman–Crippen LogP) is 1.59. The number of aromatic nitrogens is 1. The van der Waals surface area contributed by atoms with Crippen molar-refractivity contribution in [2.24, 2.45) is 0 Å². The summed E-state index contributed by atoms with van der Waals surface area (Å²) in [6.07, 6.45) is 2.28. The average Bonchev–Trinajstić information content (AvgIpc) is 2.16. The second kappa shape index (κ2) is 5.84. The Hall–Kier alpha value is -1.10. The van der Waals surface area contributed by atoms with E-state index < -0.39 is 0 Å². The molecule has 1 aromatic heterocycles. The van der Waals surface area contributed by atoms with Crippen LogP contribution in [-0.4, -0.2) is 22.3 Å². The highest BCUT2D eigenvalue weighted by Gasteiger charge is 2.09. The van der Waals surface area contributed by atoms with Crippen molar-refractivity contribution in [2.45, 2.75) is 25.1 Å². The van der Waals surface area contributed by atoms with Gasteiger partial charge < -0.3 is 10.3 Å². The number of aromatic amines is 1. The van der Waals surface area contributed by atoms with Gasteiger partial charge in [0.15, 0.2) is 5.43 Å². The van der Waals surface area contributed by atoms with Crippen LogP contribution in [0.3, 0.4) is 0 Å². The van der Waals surface area contributed by atoms with Gasteiger partial charge in [-0.15, -0.1) is 0 Å². The summed E-state index contributed by atoms with van der Waals surface area (Å²) in [5.41, 5.74) is 0.657. The third-order valence-electron chi connectivity index (χ3n) is 2.13.